The number of furan rings is 1. The van der Waals surface area contributed by atoms with Crippen LogP contribution in [-0.2, 0) is 6.42 Å². The molecule has 5 heteroatoms. The van der Waals surface area contributed by atoms with Gasteiger partial charge in [-0.1, -0.05) is 30.1 Å². The summed E-state index contributed by atoms with van der Waals surface area (Å²) in [6.45, 7) is 2.87. The predicted octanol–water partition coefficient (Wildman–Crippen LogP) is 3.87. The van der Waals surface area contributed by atoms with Crippen LogP contribution in [0.2, 0.25) is 10.0 Å². The topological polar surface area (TPSA) is 38.1 Å². The fourth-order valence-electron chi connectivity index (χ4n) is 1.82. The number of halogens is 2. The average Bonchev–Trinajstić information content (AvgIpc) is 2.81. The summed E-state index contributed by atoms with van der Waals surface area (Å²) in [5.41, 5.74) is 0.791. The van der Waals surface area contributed by atoms with Crippen LogP contribution in [0.1, 0.15) is 24.4 Å². The first-order valence-corrected chi connectivity index (χ1v) is 6.53. The zero-order valence-corrected chi connectivity index (χ0v) is 11.5. The van der Waals surface area contributed by atoms with Gasteiger partial charge in [-0.3, -0.25) is 4.98 Å². The molecular formula is C13H14Cl2N2O. The molecule has 2 aromatic heterocycles. The minimum Gasteiger partial charge on any atom is -0.469 e. The highest BCUT2D eigenvalue weighted by molar-refractivity contribution is 6.34. The van der Waals surface area contributed by atoms with E-state index in [1.54, 1.807) is 18.5 Å². The second-order valence-electron chi connectivity index (χ2n) is 3.91. The molecule has 0 aliphatic heterocycles. The molecule has 0 saturated heterocycles. The summed E-state index contributed by atoms with van der Waals surface area (Å²) >= 11 is 12.0. The summed E-state index contributed by atoms with van der Waals surface area (Å²) in [6, 6.07) is 5.53. The fourth-order valence-corrected chi connectivity index (χ4v) is 2.34. The lowest BCUT2D eigenvalue weighted by atomic mass is 10.1. The number of rotatable bonds is 5. The maximum absolute atomic E-state index is 6.18. The highest BCUT2D eigenvalue weighted by Gasteiger charge is 2.17. The molecule has 0 aliphatic carbocycles. The molecule has 2 heterocycles. The molecule has 0 amide bonds. The smallest absolute Gasteiger partial charge is 0.105 e. The summed E-state index contributed by atoms with van der Waals surface area (Å²) in [5.74, 6) is 0.897. The molecule has 0 saturated carbocycles. The zero-order chi connectivity index (χ0) is 13.0. The van der Waals surface area contributed by atoms with Crippen LogP contribution in [0.5, 0.6) is 0 Å². The maximum Gasteiger partial charge on any atom is 0.105 e. The van der Waals surface area contributed by atoms with Gasteiger partial charge in [0.15, 0.2) is 0 Å². The molecule has 1 N–H and O–H groups in total. The first-order chi connectivity index (χ1) is 8.70. The van der Waals surface area contributed by atoms with Gasteiger partial charge >= 0.3 is 0 Å². The van der Waals surface area contributed by atoms with Crippen molar-refractivity contribution in [2.75, 3.05) is 6.54 Å². The van der Waals surface area contributed by atoms with Gasteiger partial charge in [0, 0.05) is 12.6 Å². The molecule has 1 atom stereocenters. The molecule has 0 radical (unpaired) electrons. The van der Waals surface area contributed by atoms with E-state index in [2.05, 4.69) is 10.3 Å². The third-order valence-electron chi connectivity index (χ3n) is 2.60. The maximum atomic E-state index is 6.18. The molecule has 2 aromatic rings. The van der Waals surface area contributed by atoms with Crippen LogP contribution in [0.4, 0.5) is 0 Å². The Morgan fingerprint density at radius 3 is 2.89 bits per heavy atom. The van der Waals surface area contributed by atoms with Gasteiger partial charge in [-0.2, -0.15) is 0 Å². The number of pyridine rings is 1. The van der Waals surface area contributed by atoms with Crippen LogP contribution in [0.15, 0.2) is 35.1 Å². The molecule has 0 spiro atoms. The Morgan fingerprint density at radius 1 is 1.44 bits per heavy atom. The van der Waals surface area contributed by atoms with Crippen LogP contribution >= 0.6 is 23.2 Å². The summed E-state index contributed by atoms with van der Waals surface area (Å²) in [7, 11) is 0. The molecule has 18 heavy (non-hydrogen) atoms. The van der Waals surface area contributed by atoms with Crippen molar-refractivity contribution in [1.29, 1.82) is 0 Å². The highest BCUT2D eigenvalue weighted by atomic mass is 35.5. The first-order valence-electron chi connectivity index (χ1n) is 5.77. The van der Waals surface area contributed by atoms with E-state index >= 15 is 0 Å². The van der Waals surface area contributed by atoms with Crippen molar-refractivity contribution in [3.05, 3.63) is 52.2 Å². The minimum atomic E-state index is 0.0194. The SMILES string of the molecule is CCNC(Cc1ccco1)c1ncc(Cl)cc1Cl. The Kier molecular flexibility index (Phi) is 4.64. The fraction of sp³-hybridized carbons (Fsp3) is 0.308. The molecule has 3 nitrogen and oxygen atoms in total. The Balaban J connectivity index is 2.23. The van der Waals surface area contributed by atoms with E-state index in [-0.39, 0.29) is 6.04 Å². The van der Waals surface area contributed by atoms with Crippen LogP contribution in [-0.4, -0.2) is 11.5 Å². The van der Waals surface area contributed by atoms with Gasteiger partial charge in [-0.05, 0) is 24.7 Å². The molecule has 0 bridgehead atoms. The lowest BCUT2D eigenvalue weighted by Gasteiger charge is -2.17. The third kappa shape index (κ3) is 3.25. The number of hydrogen-bond acceptors (Lipinski definition) is 3. The average molecular weight is 285 g/mol. The van der Waals surface area contributed by atoms with Crippen molar-refractivity contribution in [3.63, 3.8) is 0 Å². The van der Waals surface area contributed by atoms with Crippen molar-refractivity contribution in [2.24, 2.45) is 0 Å². The number of likely N-dealkylation sites (N-methyl/N-ethyl adjacent to an activating group) is 1. The van der Waals surface area contributed by atoms with Gasteiger partial charge in [-0.25, -0.2) is 0 Å². The first kappa shape index (κ1) is 13.4. The van der Waals surface area contributed by atoms with Gasteiger partial charge in [0.05, 0.1) is 28.0 Å². The van der Waals surface area contributed by atoms with E-state index in [1.165, 1.54) is 0 Å². The number of nitrogens with one attached hydrogen (secondary N) is 1. The lowest BCUT2D eigenvalue weighted by molar-refractivity contribution is 0.450. The Labute approximate surface area is 116 Å². The van der Waals surface area contributed by atoms with Gasteiger partial charge in [0.25, 0.3) is 0 Å². The standard InChI is InChI=1S/C13H14Cl2N2O/c1-2-16-12(7-10-4-3-5-18-10)13-11(15)6-9(14)8-17-13/h3-6,8,12,16H,2,7H2,1H3. The Morgan fingerprint density at radius 2 is 2.28 bits per heavy atom. The van der Waals surface area contributed by atoms with Gasteiger partial charge in [0.2, 0.25) is 0 Å². The zero-order valence-electron chi connectivity index (χ0n) is 9.99. The summed E-state index contributed by atoms with van der Waals surface area (Å²) in [5, 5.41) is 4.46. The van der Waals surface area contributed by atoms with Crippen molar-refractivity contribution in [1.82, 2.24) is 10.3 Å². The van der Waals surface area contributed by atoms with E-state index in [0.717, 1.165) is 18.0 Å². The van der Waals surface area contributed by atoms with E-state index in [1.807, 2.05) is 19.1 Å². The van der Waals surface area contributed by atoms with Crippen molar-refractivity contribution in [2.45, 2.75) is 19.4 Å². The van der Waals surface area contributed by atoms with Crippen LogP contribution in [0, 0.1) is 0 Å². The lowest BCUT2D eigenvalue weighted by Crippen LogP contribution is -2.24. The normalized spacial score (nSPS) is 12.6. The number of hydrogen-bond donors (Lipinski definition) is 1. The minimum absolute atomic E-state index is 0.0194. The highest BCUT2D eigenvalue weighted by Crippen LogP contribution is 2.26. The second-order valence-corrected chi connectivity index (χ2v) is 4.76. The van der Waals surface area contributed by atoms with Crippen molar-refractivity contribution < 1.29 is 4.42 Å². The summed E-state index contributed by atoms with van der Waals surface area (Å²) < 4.78 is 5.36. The van der Waals surface area contributed by atoms with E-state index in [0.29, 0.717) is 16.5 Å². The summed E-state index contributed by atoms with van der Waals surface area (Å²) in [4.78, 5) is 4.31. The van der Waals surface area contributed by atoms with Gasteiger partial charge in [0.1, 0.15) is 5.76 Å². The molecule has 0 aromatic carbocycles. The monoisotopic (exact) mass is 284 g/mol. The number of aromatic nitrogens is 1. The molecule has 2 rings (SSSR count). The quantitative estimate of drug-likeness (QED) is 0.906. The van der Waals surface area contributed by atoms with Gasteiger partial charge in [-0.15, -0.1) is 0 Å². The van der Waals surface area contributed by atoms with Crippen LogP contribution < -0.4 is 5.32 Å². The summed E-state index contributed by atoms with van der Waals surface area (Å²) in [6.07, 6.45) is 3.97. The van der Waals surface area contributed by atoms with Gasteiger partial charge < -0.3 is 9.73 Å². The number of nitrogens with zero attached hydrogens (tertiary/aromatic N) is 1. The Bertz CT molecular complexity index is 500. The molecule has 0 aliphatic rings. The van der Waals surface area contributed by atoms with E-state index < -0.39 is 0 Å². The third-order valence-corrected chi connectivity index (χ3v) is 3.11. The predicted molar refractivity (Wildman–Crippen MR) is 73.1 cm³/mol. The van der Waals surface area contributed by atoms with Crippen molar-refractivity contribution >= 4 is 23.2 Å². The van der Waals surface area contributed by atoms with Crippen LogP contribution in [0.25, 0.3) is 0 Å². The largest absolute Gasteiger partial charge is 0.469 e. The molecule has 0 fully saturated rings. The van der Waals surface area contributed by atoms with Crippen LogP contribution in [0.3, 0.4) is 0 Å². The van der Waals surface area contributed by atoms with E-state index in [9.17, 15) is 0 Å². The molecule has 96 valence electrons. The molecular weight excluding hydrogens is 271 g/mol. The van der Waals surface area contributed by atoms with Crippen molar-refractivity contribution in [3.8, 4) is 0 Å². The second kappa shape index (κ2) is 6.23. The Hall–Kier alpha value is -1.03. The van der Waals surface area contributed by atoms with E-state index in [4.69, 9.17) is 27.6 Å². The molecule has 1 unspecified atom stereocenters.